The van der Waals surface area contributed by atoms with Crippen molar-refractivity contribution in [1.82, 2.24) is 24.8 Å². The maximum absolute atomic E-state index is 13.5. The smallest absolute Gasteiger partial charge is 0.239 e. The van der Waals surface area contributed by atoms with Crippen molar-refractivity contribution in [3.8, 4) is 17.1 Å². The van der Waals surface area contributed by atoms with Crippen LogP contribution in [0.1, 0.15) is 30.3 Å². The number of anilines is 1. The lowest BCUT2D eigenvalue weighted by Crippen LogP contribution is -2.40. The van der Waals surface area contributed by atoms with Crippen molar-refractivity contribution in [1.29, 1.82) is 0 Å². The zero-order chi connectivity index (χ0) is 24.4. The van der Waals surface area contributed by atoms with E-state index in [1.165, 1.54) is 24.3 Å². The van der Waals surface area contributed by atoms with Crippen LogP contribution >= 0.6 is 0 Å². The number of nitrogens with zero attached hydrogens (tertiary/aromatic N) is 5. The molecule has 10 heteroatoms. The molecule has 0 saturated carbocycles. The van der Waals surface area contributed by atoms with Crippen LogP contribution in [0.4, 0.5) is 14.6 Å². The molecule has 1 aliphatic rings. The van der Waals surface area contributed by atoms with Crippen molar-refractivity contribution in [2.75, 3.05) is 25.0 Å². The third-order valence-electron chi connectivity index (χ3n) is 5.92. The van der Waals surface area contributed by atoms with E-state index in [2.05, 4.69) is 20.6 Å². The molecule has 5 rings (SSSR count). The molecular formula is C25H24F2N6O2. The zero-order valence-corrected chi connectivity index (χ0v) is 19.1. The number of carbonyl (C=O) groups is 1. The number of nitrogens with one attached hydrogen (secondary N) is 1. The highest BCUT2D eigenvalue weighted by Gasteiger charge is 2.27. The van der Waals surface area contributed by atoms with Crippen LogP contribution in [0.15, 0.2) is 59.1 Å². The number of hydrogen-bond donors (Lipinski definition) is 1. The van der Waals surface area contributed by atoms with Crippen LogP contribution in [-0.2, 0) is 4.79 Å². The SMILES string of the molecule is Cc1cc(NC(=O)CN2CCCC(c3nc(-c4cccc(F)c4)no3)C2)n(-c2ccc(F)cc2)n1. The summed E-state index contributed by atoms with van der Waals surface area (Å²) in [7, 11) is 0. The van der Waals surface area contributed by atoms with Crippen LogP contribution < -0.4 is 5.32 Å². The number of carbonyl (C=O) groups excluding carboxylic acids is 1. The monoisotopic (exact) mass is 478 g/mol. The summed E-state index contributed by atoms with van der Waals surface area (Å²) in [6.45, 7) is 3.38. The quantitative estimate of drug-likeness (QED) is 0.444. The Morgan fingerprint density at radius 3 is 2.77 bits per heavy atom. The van der Waals surface area contributed by atoms with Crippen molar-refractivity contribution in [2.24, 2.45) is 0 Å². The molecule has 0 bridgehead atoms. The summed E-state index contributed by atoms with van der Waals surface area (Å²) in [4.78, 5) is 19.4. The molecule has 1 unspecified atom stereocenters. The Morgan fingerprint density at radius 1 is 1.14 bits per heavy atom. The minimum Gasteiger partial charge on any atom is -0.339 e. The number of rotatable bonds is 6. The average Bonchev–Trinajstić information content (AvgIpc) is 3.47. The minimum atomic E-state index is -0.361. The average molecular weight is 479 g/mol. The predicted molar refractivity (Wildman–Crippen MR) is 125 cm³/mol. The fourth-order valence-corrected chi connectivity index (χ4v) is 4.30. The number of piperidine rings is 1. The van der Waals surface area contributed by atoms with Gasteiger partial charge < -0.3 is 9.84 Å². The zero-order valence-electron chi connectivity index (χ0n) is 19.1. The van der Waals surface area contributed by atoms with Gasteiger partial charge in [-0.2, -0.15) is 10.1 Å². The maximum Gasteiger partial charge on any atom is 0.239 e. The Bertz CT molecular complexity index is 1330. The third kappa shape index (κ3) is 5.27. The van der Waals surface area contributed by atoms with Crippen molar-refractivity contribution in [3.05, 3.63) is 77.8 Å². The molecule has 2 aromatic heterocycles. The first-order valence-corrected chi connectivity index (χ1v) is 11.4. The summed E-state index contributed by atoms with van der Waals surface area (Å²) in [6, 6.07) is 13.7. The van der Waals surface area contributed by atoms with E-state index in [4.69, 9.17) is 4.52 Å². The summed E-state index contributed by atoms with van der Waals surface area (Å²) in [5.41, 5.74) is 1.94. The minimum absolute atomic E-state index is 0.0154. The Kier molecular flexibility index (Phi) is 6.37. The molecule has 35 heavy (non-hydrogen) atoms. The van der Waals surface area contributed by atoms with Crippen LogP contribution in [0.5, 0.6) is 0 Å². The number of aromatic nitrogens is 4. The molecule has 1 aliphatic heterocycles. The van der Waals surface area contributed by atoms with Crippen LogP contribution in [-0.4, -0.2) is 50.4 Å². The van der Waals surface area contributed by atoms with Gasteiger partial charge in [-0.3, -0.25) is 9.69 Å². The lowest BCUT2D eigenvalue weighted by molar-refractivity contribution is -0.117. The fourth-order valence-electron chi connectivity index (χ4n) is 4.30. The second kappa shape index (κ2) is 9.75. The number of aryl methyl sites for hydroxylation is 1. The topological polar surface area (TPSA) is 89.1 Å². The number of amides is 1. The molecule has 180 valence electrons. The first-order chi connectivity index (χ1) is 16.9. The second-order valence-electron chi connectivity index (χ2n) is 8.65. The highest BCUT2D eigenvalue weighted by Crippen LogP contribution is 2.28. The molecule has 1 N–H and O–H groups in total. The van der Waals surface area contributed by atoms with Gasteiger partial charge in [-0.05, 0) is 62.7 Å². The molecule has 1 amide bonds. The largest absolute Gasteiger partial charge is 0.339 e. The van der Waals surface area contributed by atoms with Gasteiger partial charge in [-0.1, -0.05) is 17.3 Å². The molecule has 1 saturated heterocycles. The van der Waals surface area contributed by atoms with Gasteiger partial charge in [0.05, 0.1) is 23.8 Å². The molecule has 0 aliphatic carbocycles. The van der Waals surface area contributed by atoms with Crippen molar-refractivity contribution in [3.63, 3.8) is 0 Å². The summed E-state index contributed by atoms with van der Waals surface area (Å²) >= 11 is 0. The van der Waals surface area contributed by atoms with E-state index in [0.29, 0.717) is 35.3 Å². The number of benzene rings is 2. The summed E-state index contributed by atoms with van der Waals surface area (Å²) in [5.74, 6) is 0.451. The summed E-state index contributed by atoms with van der Waals surface area (Å²) < 4.78 is 33.9. The Balaban J connectivity index is 1.23. The number of hydrogen-bond acceptors (Lipinski definition) is 6. The van der Waals surface area contributed by atoms with Gasteiger partial charge in [0.2, 0.25) is 17.6 Å². The Morgan fingerprint density at radius 2 is 1.97 bits per heavy atom. The first-order valence-electron chi connectivity index (χ1n) is 11.4. The third-order valence-corrected chi connectivity index (χ3v) is 5.92. The molecule has 0 radical (unpaired) electrons. The van der Waals surface area contributed by atoms with Crippen molar-refractivity contribution >= 4 is 11.7 Å². The van der Waals surface area contributed by atoms with Gasteiger partial charge >= 0.3 is 0 Å². The van der Waals surface area contributed by atoms with Crippen LogP contribution in [0.3, 0.4) is 0 Å². The lowest BCUT2D eigenvalue weighted by atomic mass is 9.98. The van der Waals surface area contributed by atoms with Gasteiger partial charge in [0.1, 0.15) is 17.5 Å². The van der Waals surface area contributed by atoms with E-state index in [1.807, 2.05) is 11.8 Å². The highest BCUT2D eigenvalue weighted by atomic mass is 19.1. The van der Waals surface area contributed by atoms with E-state index in [-0.39, 0.29) is 30.0 Å². The van der Waals surface area contributed by atoms with Crippen LogP contribution in [0, 0.1) is 18.6 Å². The molecule has 1 atom stereocenters. The summed E-state index contributed by atoms with van der Waals surface area (Å²) in [5, 5.41) is 11.3. The van der Waals surface area contributed by atoms with E-state index in [9.17, 15) is 13.6 Å². The molecular weight excluding hydrogens is 454 g/mol. The fraction of sp³-hybridized carbons (Fsp3) is 0.280. The molecule has 0 spiro atoms. The number of halogens is 2. The standard InChI is InChI=1S/C25H24F2N6O2/c1-16-12-22(33(30-16)21-9-7-19(26)8-10-21)28-23(34)15-32-11-3-5-18(14-32)25-29-24(31-35-25)17-4-2-6-20(27)13-17/h2,4,6-10,12-13,18H,3,5,11,14-15H2,1H3,(H,28,34). The lowest BCUT2D eigenvalue weighted by Gasteiger charge is -2.30. The van der Waals surface area contributed by atoms with Crippen LogP contribution in [0.2, 0.25) is 0 Å². The van der Waals surface area contributed by atoms with E-state index in [1.54, 1.807) is 35.0 Å². The predicted octanol–water partition coefficient (Wildman–Crippen LogP) is 4.33. The molecule has 3 heterocycles. The van der Waals surface area contributed by atoms with Gasteiger partial charge in [-0.25, -0.2) is 13.5 Å². The summed E-state index contributed by atoms with van der Waals surface area (Å²) in [6.07, 6.45) is 1.74. The first kappa shape index (κ1) is 22.9. The van der Waals surface area contributed by atoms with Gasteiger partial charge in [-0.15, -0.1) is 0 Å². The van der Waals surface area contributed by atoms with E-state index < -0.39 is 0 Å². The van der Waals surface area contributed by atoms with Crippen molar-refractivity contribution < 1.29 is 18.1 Å². The number of likely N-dealkylation sites (tertiary alicyclic amines) is 1. The Labute approximate surface area is 200 Å². The van der Waals surface area contributed by atoms with Gasteiger partial charge in [0.15, 0.2) is 0 Å². The Hall–Kier alpha value is -3.92. The second-order valence-corrected chi connectivity index (χ2v) is 8.65. The normalized spacial score (nSPS) is 16.4. The maximum atomic E-state index is 13.5. The molecule has 4 aromatic rings. The van der Waals surface area contributed by atoms with E-state index in [0.717, 1.165) is 25.1 Å². The van der Waals surface area contributed by atoms with Crippen LogP contribution in [0.25, 0.3) is 17.1 Å². The van der Waals surface area contributed by atoms with Gasteiger partial charge in [0, 0.05) is 18.2 Å². The van der Waals surface area contributed by atoms with Gasteiger partial charge in [0.25, 0.3) is 0 Å². The van der Waals surface area contributed by atoms with Crippen molar-refractivity contribution in [2.45, 2.75) is 25.7 Å². The highest BCUT2D eigenvalue weighted by molar-refractivity contribution is 5.91. The van der Waals surface area contributed by atoms with E-state index >= 15 is 0 Å². The molecule has 8 nitrogen and oxygen atoms in total. The molecule has 2 aromatic carbocycles. The molecule has 1 fully saturated rings.